The minimum atomic E-state index is -0.694. The Labute approximate surface area is 172 Å². The molecule has 144 valence electrons. The number of anilines is 1. The summed E-state index contributed by atoms with van der Waals surface area (Å²) < 4.78 is 19.5. The molecule has 0 atom stereocenters. The fraction of sp³-hybridized carbons (Fsp3) is 0.0435. The van der Waals surface area contributed by atoms with Crippen molar-refractivity contribution in [1.82, 2.24) is 0 Å². The first-order valence-electron chi connectivity index (χ1n) is 8.71. The SMILES string of the molecule is N#CC(=Cc1cccc(OCc2ccccc2Cl)c1)C(=O)Nc1ccccc1F. The van der Waals surface area contributed by atoms with Gasteiger partial charge in [-0.2, -0.15) is 5.26 Å². The molecular weight excluding hydrogens is 391 g/mol. The maximum absolute atomic E-state index is 13.7. The van der Waals surface area contributed by atoms with Crippen molar-refractivity contribution in [3.05, 3.63) is 100 Å². The highest BCUT2D eigenvalue weighted by molar-refractivity contribution is 6.31. The molecule has 0 aliphatic rings. The molecule has 0 heterocycles. The molecule has 0 spiro atoms. The van der Waals surface area contributed by atoms with Crippen molar-refractivity contribution in [2.45, 2.75) is 6.61 Å². The number of rotatable bonds is 6. The van der Waals surface area contributed by atoms with Crippen molar-refractivity contribution in [2.75, 3.05) is 5.32 Å². The first-order valence-corrected chi connectivity index (χ1v) is 9.08. The summed E-state index contributed by atoms with van der Waals surface area (Å²) in [6, 6.07) is 21.9. The number of amides is 1. The van der Waals surface area contributed by atoms with Gasteiger partial charge < -0.3 is 10.1 Å². The first kappa shape index (κ1) is 20.1. The normalized spacial score (nSPS) is 10.9. The lowest BCUT2D eigenvalue weighted by atomic mass is 10.1. The number of benzene rings is 3. The van der Waals surface area contributed by atoms with Gasteiger partial charge in [0.1, 0.15) is 29.8 Å². The van der Waals surface area contributed by atoms with Crippen LogP contribution in [0.25, 0.3) is 6.08 Å². The Morgan fingerprint density at radius 1 is 1.10 bits per heavy atom. The van der Waals surface area contributed by atoms with E-state index in [1.54, 1.807) is 36.4 Å². The van der Waals surface area contributed by atoms with Gasteiger partial charge in [-0.15, -0.1) is 0 Å². The maximum Gasteiger partial charge on any atom is 0.266 e. The molecule has 0 aliphatic heterocycles. The van der Waals surface area contributed by atoms with E-state index in [0.717, 1.165) is 5.56 Å². The Morgan fingerprint density at radius 3 is 2.62 bits per heavy atom. The van der Waals surface area contributed by atoms with E-state index in [1.807, 2.05) is 24.3 Å². The predicted molar refractivity (Wildman–Crippen MR) is 111 cm³/mol. The van der Waals surface area contributed by atoms with Gasteiger partial charge in [0.15, 0.2) is 0 Å². The molecule has 6 heteroatoms. The molecule has 3 aromatic rings. The van der Waals surface area contributed by atoms with Gasteiger partial charge in [-0.25, -0.2) is 4.39 Å². The second-order valence-corrected chi connectivity index (χ2v) is 6.46. The van der Waals surface area contributed by atoms with Crippen LogP contribution in [-0.2, 0) is 11.4 Å². The van der Waals surface area contributed by atoms with Crippen molar-refractivity contribution in [1.29, 1.82) is 5.26 Å². The van der Waals surface area contributed by atoms with E-state index in [0.29, 0.717) is 16.3 Å². The van der Waals surface area contributed by atoms with Gasteiger partial charge in [-0.05, 0) is 42.0 Å². The second-order valence-electron chi connectivity index (χ2n) is 6.06. The molecule has 4 nitrogen and oxygen atoms in total. The number of carbonyl (C=O) groups excluding carboxylic acids is 1. The molecular formula is C23H16ClFN2O2. The second kappa shape index (κ2) is 9.54. The molecule has 0 fully saturated rings. The highest BCUT2D eigenvalue weighted by atomic mass is 35.5. The quantitative estimate of drug-likeness (QED) is 0.428. The van der Waals surface area contributed by atoms with E-state index >= 15 is 0 Å². The Balaban J connectivity index is 1.73. The van der Waals surface area contributed by atoms with Gasteiger partial charge in [0, 0.05) is 10.6 Å². The van der Waals surface area contributed by atoms with Crippen molar-refractivity contribution < 1.29 is 13.9 Å². The van der Waals surface area contributed by atoms with Crippen LogP contribution in [0, 0.1) is 17.1 Å². The van der Waals surface area contributed by atoms with Crippen LogP contribution in [0.15, 0.2) is 78.4 Å². The molecule has 3 aromatic carbocycles. The lowest BCUT2D eigenvalue weighted by Gasteiger charge is -2.09. The molecule has 0 saturated carbocycles. The topological polar surface area (TPSA) is 62.1 Å². The average Bonchev–Trinajstić information content (AvgIpc) is 2.73. The smallest absolute Gasteiger partial charge is 0.266 e. The maximum atomic E-state index is 13.7. The number of nitrogens with zero attached hydrogens (tertiary/aromatic N) is 1. The summed E-state index contributed by atoms with van der Waals surface area (Å²) in [5, 5.41) is 12.3. The third kappa shape index (κ3) is 5.44. The summed E-state index contributed by atoms with van der Waals surface area (Å²) in [5.74, 6) is -0.710. The largest absolute Gasteiger partial charge is 0.489 e. The Morgan fingerprint density at radius 2 is 1.86 bits per heavy atom. The average molecular weight is 407 g/mol. The highest BCUT2D eigenvalue weighted by Gasteiger charge is 2.12. The zero-order valence-electron chi connectivity index (χ0n) is 15.2. The Bertz CT molecular complexity index is 1110. The van der Waals surface area contributed by atoms with Gasteiger partial charge >= 0.3 is 0 Å². The van der Waals surface area contributed by atoms with Gasteiger partial charge in [0.05, 0.1) is 5.69 Å². The van der Waals surface area contributed by atoms with Crippen LogP contribution in [0.1, 0.15) is 11.1 Å². The van der Waals surface area contributed by atoms with Gasteiger partial charge in [-0.3, -0.25) is 4.79 Å². The number of nitrogens with one attached hydrogen (secondary N) is 1. The molecule has 0 aromatic heterocycles. The lowest BCUT2D eigenvalue weighted by Crippen LogP contribution is -2.14. The molecule has 0 bridgehead atoms. The van der Waals surface area contributed by atoms with Gasteiger partial charge in [-0.1, -0.05) is 54.1 Å². The summed E-state index contributed by atoms with van der Waals surface area (Å²) in [7, 11) is 0. The van der Waals surface area contributed by atoms with Crippen molar-refractivity contribution in [3.8, 4) is 11.8 Å². The lowest BCUT2D eigenvalue weighted by molar-refractivity contribution is -0.112. The van der Waals surface area contributed by atoms with Crippen LogP contribution in [0.2, 0.25) is 5.02 Å². The van der Waals surface area contributed by atoms with E-state index in [1.165, 1.54) is 24.3 Å². The molecule has 1 N–H and O–H groups in total. The number of hydrogen-bond acceptors (Lipinski definition) is 3. The molecule has 0 unspecified atom stereocenters. The molecule has 0 radical (unpaired) electrons. The van der Waals surface area contributed by atoms with Crippen LogP contribution >= 0.6 is 11.6 Å². The third-order valence-corrected chi connectivity index (χ3v) is 4.38. The van der Waals surface area contributed by atoms with Crippen LogP contribution < -0.4 is 10.1 Å². The van der Waals surface area contributed by atoms with Crippen LogP contribution in [0.5, 0.6) is 5.75 Å². The summed E-state index contributed by atoms with van der Waals surface area (Å²) in [5.41, 5.74) is 1.30. The van der Waals surface area contributed by atoms with E-state index in [2.05, 4.69) is 5.32 Å². The minimum Gasteiger partial charge on any atom is -0.489 e. The number of hydrogen-bond donors (Lipinski definition) is 1. The van der Waals surface area contributed by atoms with Gasteiger partial charge in [0.2, 0.25) is 0 Å². The molecule has 0 saturated heterocycles. The highest BCUT2D eigenvalue weighted by Crippen LogP contribution is 2.21. The van der Waals surface area contributed by atoms with Crippen molar-refractivity contribution in [2.24, 2.45) is 0 Å². The van der Waals surface area contributed by atoms with Crippen molar-refractivity contribution in [3.63, 3.8) is 0 Å². The summed E-state index contributed by atoms with van der Waals surface area (Å²) in [6.45, 7) is 0.283. The molecule has 29 heavy (non-hydrogen) atoms. The number of nitriles is 1. The number of halogens is 2. The van der Waals surface area contributed by atoms with Crippen LogP contribution in [0.3, 0.4) is 0 Å². The number of ether oxygens (including phenoxy) is 1. The van der Waals surface area contributed by atoms with Gasteiger partial charge in [0.25, 0.3) is 5.91 Å². The molecule has 3 rings (SSSR count). The predicted octanol–water partition coefficient (Wildman–Crippen LogP) is 5.60. The van der Waals surface area contributed by atoms with Crippen LogP contribution in [-0.4, -0.2) is 5.91 Å². The van der Waals surface area contributed by atoms with Crippen molar-refractivity contribution >= 4 is 29.3 Å². The van der Waals surface area contributed by atoms with E-state index < -0.39 is 11.7 Å². The first-order chi connectivity index (χ1) is 14.1. The third-order valence-electron chi connectivity index (χ3n) is 4.01. The van der Waals surface area contributed by atoms with E-state index in [-0.39, 0.29) is 17.9 Å². The van der Waals surface area contributed by atoms with E-state index in [4.69, 9.17) is 16.3 Å². The number of carbonyl (C=O) groups is 1. The summed E-state index contributed by atoms with van der Waals surface area (Å²) in [4.78, 5) is 12.3. The van der Waals surface area contributed by atoms with E-state index in [9.17, 15) is 14.4 Å². The fourth-order valence-electron chi connectivity index (χ4n) is 2.54. The minimum absolute atomic E-state index is 0.00970. The fourth-order valence-corrected chi connectivity index (χ4v) is 2.73. The molecule has 1 amide bonds. The summed E-state index contributed by atoms with van der Waals surface area (Å²) in [6.07, 6.45) is 1.42. The number of para-hydroxylation sites is 1. The monoisotopic (exact) mass is 406 g/mol. The molecule has 0 aliphatic carbocycles. The van der Waals surface area contributed by atoms with Crippen LogP contribution in [0.4, 0.5) is 10.1 Å². The zero-order chi connectivity index (χ0) is 20.6. The standard InChI is InChI=1S/C23H16ClFN2O2/c24-20-9-2-1-7-17(20)15-29-19-8-5-6-16(13-19)12-18(14-26)23(28)27-22-11-4-3-10-21(22)25/h1-13H,15H2,(H,27,28). The summed E-state index contributed by atoms with van der Waals surface area (Å²) >= 11 is 6.13. The Hall–Kier alpha value is -3.62. The zero-order valence-corrected chi connectivity index (χ0v) is 16.0. The Kier molecular flexibility index (Phi) is 6.62.